The van der Waals surface area contributed by atoms with Crippen LogP contribution in [0.25, 0.3) is 21.5 Å². The van der Waals surface area contributed by atoms with Crippen molar-refractivity contribution in [2.24, 2.45) is 0 Å². The number of Topliss-reactive ketones (excluding diaryl/α,β-unsaturated/α-hetero) is 1. The summed E-state index contributed by atoms with van der Waals surface area (Å²) in [6, 6.07) is 15.0. The van der Waals surface area contributed by atoms with Crippen LogP contribution in [0.15, 0.2) is 42.5 Å². The minimum atomic E-state index is 0.308. The van der Waals surface area contributed by atoms with Gasteiger partial charge in [0.2, 0.25) is 0 Å². The Morgan fingerprint density at radius 2 is 1.74 bits per heavy atom. The monoisotopic (exact) mass is 246 g/mol. The summed E-state index contributed by atoms with van der Waals surface area (Å²) in [7, 11) is 0. The average Bonchev–Trinajstić information content (AvgIpc) is 2.82. The highest BCUT2D eigenvalue weighted by Gasteiger charge is 2.24. The van der Waals surface area contributed by atoms with Crippen molar-refractivity contribution in [1.29, 1.82) is 0 Å². The second kappa shape index (κ2) is 3.67. The van der Waals surface area contributed by atoms with Crippen LogP contribution in [0, 0.1) is 6.92 Å². The van der Waals surface area contributed by atoms with Crippen LogP contribution in [-0.2, 0) is 6.42 Å². The molecule has 0 amide bonds. The maximum atomic E-state index is 12.0. The number of carbonyl (C=O) groups excluding carboxylic acids is 1. The van der Waals surface area contributed by atoms with E-state index in [1.165, 1.54) is 27.1 Å². The lowest BCUT2D eigenvalue weighted by atomic mass is 9.93. The van der Waals surface area contributed by atoms with Gasteiger partial charge in [-0.25, -0.2) is 0 Å². The third kappa shape index (κ3) is 1.39. The summed E-state index contributed by atoms with van der Waals surface area (Å²) in [6.07, 6.45) is 1.56. The number of rotatable bonds is 0. The molecule has 0 unspecified atom stereocenters. The normalized spacial score (nSPS) is 14.3. The fourth-order valence-corrected chi connectivity index (χ4v) is 3.39. The number of benzene rings is 3. The number of ketones is 1. The first-order chi connectivity index (χ1) is 9.25. The third-order valence-corrected chi connectivity index (χ3v) is 4.23. The Morgan fingerprint density at radius 1 is 0.895 bits per heavy atom. The number of hydrogen-bond donors (Lipinski definition) is 0. The summed E-state index contributed by atoms with van der Waals surface area (Å²) in [6.45, 7) is 2.06. The molecule has 0 bridgehead atoms. The summed E-state index contributed by atoms with van der Waals surface area (Å²) in [5.74, 6) is 0.308. The first-order valence-electron chi connectivity index (χ1n) is 6.73. The van der Waals surface area contributed by atoms with Crippen molar-refractivity contribution in [3.05, 3.63) is 59.2 Å². The number of fused-ring (bicyclic) bond motifs is 5. The lowest BCUT2D eigenvalue weighted by Crippen LogP contribution is -1.96. The molecular weight excluding hydrogens is 232 g/mol. The van der Waals surface area contributed by atoms with Crippen molar-refractivity contribution < 1.29 is 4.79 Å². The van der Waals surface area contributed by atoms with Gasteiger partial charge in [-0.2, -0.15) is 0 Å². The zero-order valence-corrected chi connectivity index (χ0v) is 10.9. The number of carbonyl (C=O) groups is 1. The fraction of sp³-hybridized carbons (Fsp3) is 0.167. The molecule has 0 radical (unpaired) electrons. The topological polar surface area (TPSA) is 17.1 Å². The van der Waals surface area contributed by atoms with Gasteiger partial charge in [-0.05, 0) is 46.0 Å². The number of hydrogen-bond acceptors (Lipinski definition) is 1. The van der Waals surface area contributed by atoms with E-state index in [1.54, 1.807) is 0 Å². The van der Waals surface area contributed by atoms with Gasteiger partial charge in [0.25, 0.3) is 0 Å². The molecule has 0 atom stereocenters. The molecule has 19 heavy (non-hydrogen) atoms. The summed E-state index contributed by atoms with van der Waals surface area (Å²) in [4.78, 5) is 12.0. The van der Waals surface area contributed by atoms with E-state index in [-0.39, 0.29) is 0 Å². The molecule has 1 heteroatoms. The molecule has 0 saturated heterocycles. The molecule has 0 fully saturated rings. The van der Waals surface area contributed by atoms with Crippen molar-refractivity contribution in [1.82, 2.24) is 0 Å². The van der Waals surface area contributed by atoms with Gasteiger partial charge in [0.1, 0.15) is 0 Å². The summed E-state index contributed by atoms with van der Waals surface area (Å²) in [5.41, 5.74) is 3.36. The van der Waals surface area contributed by atoms with Crippen molar-refractivity contribution in [3.63, 3.8) is 0 Å². The predicted molar refractivity (Wildman–Crippen MR) is 78.8 cm³/mol. The van der Waals surface area contributed by atoms with Crippen LogP contribution < -0.4 is 0 Å². The molecule has 0 aliphatic heterocycles. The van der Waals surface area contributed by atoms with Crippen LogP contribution >= 0.6 is 0 Å². The molecule has 1 aliphatic carbocycles. The van der Waals surface area contributed by atoms with Gasteiger partial charge >= 0.3 is 0 Å². The van der Waals surface area contributed by atoms with Crippen molar-refractivity contribution in [3.8, 4) is 0 Å². The molecule has 0 saturated carbocycles. The highest BCUT2D eigenvalue weighted by atomic mass is 16.1. The first kappa shape index (κ1) is 10.7. The van der Waals surface area contributed by atoms with Gasteiger partial charge < -0.3 is 0 Å². The van der Waals surface area contributed by atoms with Gasteiger partial charge in [0.15, 0.2) is 5.78 Å². The van der Waals surface area contributed by atoms with Crippen molar-refractivity contribution >= 4 is 27.3 Å². The lowest BCUT2D eigenvalue weighted by molar-refractivity contribution is 0.0994. The fourth-order valence-electron chi connectivity index (χ4n) is 3.39. The lowest BCUT2D eigenvalue weighted by Gasteiger charge is -2.10. The Kier molecular flexibility index (Phi) is 2.08. The highest BCUT2D eigenvalue weighted by molar-refractivity contribution is 6.14. The van der Waals surface area contributed by atoms with Gasteiger partial charge in [0, 0.05) is 12.0 Å². The minimum absolute atomic E-state index is 0.308. The van der Waals surface area contributed by atoms with E-state index in [0.717, 1.165) is 17.5 Å². The van der Waals surface area contributed by atoms with E-state index < -0.39 is 0 Å². The van der Waals surface area contributed by atoms with Crippen molar-refractivity contribution in [2.45, 2.75) is 19.8 Å². The quantitative estimate of drug-likeness (QED) is 0.536. The molecule has 92 valence electrons. The van der Waals surface area contributed by atoms with Crippen LogP contribution in [0.4, 0.5) is 0 Å². The van der Waals surface area contributed by atoms with Gasteiger partial charge in [0.05, 0.1) is 0 Å². The maximum Gasteiger partial charge on any atom is 0.163 e. The molecule has 1 aliphatic rings. The zero-order chi connectivity index (χ0) is 13.0. The Hall–Kier alpha value is -2.15. The van der Waals surface area contributed by atoms with Gasteiger partial charge in [-0.15, -0.1) is 0 Å². The Bertz CT molecular complexity index is 843. The molecule has 1 nitrogen and oxygen atoms in total. The first-order valence-corrected chi connectivity index (χ1v) is 6.73. The second-order valence-electron chi connectivity index (χ2n) is 5.35. The standard InChI is InChI=1S/C18H14O/c1-11-10-16-13-5-3-2-4-12(13)6-7-14(16)15-8-9-17(19)18(11)15/h2-7,10H,8-9H2,1H3. The molecule has 0 heterocycles. The van der Waals surface area contributed by atoms with Crippen LogP contribution in [0.3, 0.4) is 0 Å². The van der Waals surface area contributed by atoms with E-state index in [1.807, 2.05) is 0 Å². The van der Waals surface area contributed by atoms with E-state index in [9.17, 15) is 4.79 Å². The SMILES string of the molecule is Cc1cc2c(ccc3ccccc32)c2c1C(=O)CC2. The molecule has 3 aromatic carbocycles. The van der Waals surface area contributed by atoms with Crippen LogP contribution in [0.2, 0.25) is 0 Å². The zero-order valence-electron chi connectivity index (χ0n) is 10.9. The van der Waals surface area contributed by atoms with E-state index in [2.05, 4.69) is 49.4 Å². The summed E-state index contributed by atoms with van der Waals surface area (Å²) >= 11 is 0. The molecule has 0 N–H and O–H groups in total. The Labute approximate surface area is 111 Å². The molecule has 0 aromatic heterocycles. The maximum absolute atomic E-state index is 12.0. The number of aryl methyl sites for hydroxylation is 2. The average molecular weight is 246 g/mol. The van der Waals surface area contributed by atoms with E-state index in [4.69, 9.17) is 0 Å². The van der Waals surface area contributed by atoms with E-state index >= 15 is 0 Å². The largest absolute Gasteiger partial charge is 0.294 e. The molecule has 4 rings (SSSR count). The van der Waals surface area contributed by atoms with Crippen LogP contribution in [0.1, 0.15) is 27.9 Å². The Morgan fingerprint density at radius 3 is 2.63 bits per heavy atom. The highest BCUT2D eigenvalue weighted by Crippen LogP contribution is 2.35. The Balaban J connectivity index is 2.24. The molecular formula is C18H14O. The van der Waals surface area contributed by atoms with Gasteiger partial charge in [-0.3, -0.25) is 4.79 Å². The molecule has 3 aromatic rings. The third-order valence-electron chi connectivity index (χ3n) is 4.23. The van der Waals surface area contributed by atoms with Crippen LogP contribution in [-0.4, -0.2) is 5.78 Å². The minimum Gasteiger partial charge on any atom is -0.294 e. The van der Waals surface area contributed by atoms with E-state index in [0.29, 0.717) is 12.2 Å². The molecule has 0 spiro atoms. The predicted octanol–water partition coefficient (Wildman–Crippen LogP) is 4.43. The summed E-state index contributed by atoms with van der Waals surface area (Å²) in [5, 5.41) is 5.08. The van der Waals surface area contributed by atoms with Crippen LogP contribution in [0.5, 0.6) is 0 Å². The van der Waals surface area contributed by atoms with Crippen molar-refractivity contribution in [2.75, 3.05) is 0 Å². The van der Waals surface area contributed by atoms with Gasteiger partial charge in [-0.1, -0.05) is 42.5 Å². The summed E-state index contributed by atoms with van der Waals surface area (Å²) < 4.78 is 0. The smallest absolute Gasteiger partial charge is 0.163 e. The second-order valence-corrected chi connectivity index (χ2v) is 5.35.